The van der Waals surface area contributed by atoms with E-state index in [1.54, 1.807) is 12.3 Å². The van der Waals surface area contributed by atoms with Gasteiger partial charge in [0.2, 0.25) is 10.0 Å². The molecule has 7 heteroatoms. The summed E-state index contributed by atoms with van der Waals surface area (Å²) in [6.45, 7) is 4.14. The maximum absolute atomic E-state index is 12.3. The summed E-state index contributed by atoms with van der Waals surface area (Å²) in [6, 6.07) is 0. The minimum Gasteiger partial charge on any atom is -0.477 e. The Balaban J connectivity index is 2.18. The average molecular weight is 317 g/mol. The van der Waals surface area contributed by atoms with Crippen LogP contribution in [0, 0.1) is 18.8 Å². The fourth-order valence-corrected chi connectivity index (χ4v) is 5.45. The van der Waals surface area contributed by atoms with Crippen molar-refractivity contribution in [3.8, 4) is 0 Å². The third-order valence-electron chi connectivity index (χ3n) is 3.96. The molecule has 1 heterocycles. The number of carboxylic acid groups (broad SMARTS) is 1. The van der Waals surface area contributed by atoms with Crippen LogP contribution in [0.2, 0.25) is 0 Å². The molecule has 0 amide bonds. The van der Waals surface area contributed by atoms with Crippen LogP contribution in [0.1, 0.15) is 41.4 Å². The molecular formula is C13H19NO4S2. The number of nitrogens with one attached hydrogen (secondary N) is 1. The zero-order valence-electron chi connectivity index (χ0n) is 11.5. The number of thiophene rings is 1. The van der Waals surface area contributed by atoms with Crippen molar-refractivity contribution in [3.05, 3.63) is 15.8 Å². The second kappa shape index (κ2) is 5.83. The number of rotatable bonds is 5. The van der Waals surface area contributed by atoms with Crippen LogP contribution in [0.15, 0.2) is 10.3 Å². The van der Waals surface area contributed by atoms with Crippen LogP contribution in [-0.2, 0) is 10.0 Å². The molecule has 20 heavy (non-hydrogen) atoms. The van der Waals surface area contributed by atoms with E-state index in [2.05, 4.69) is 11.6 Å². The molecule has 1 saturated carbocycles. The Bertz CT molecular complexity index is 606. The molecule has 0 radical (unpaired) electrons. The largest absolute Gasteiger partial charge is 0.477 e. The molecule has 2 N–H and O–H groups in total. The first-order valence-corrected chi connectivity index (χ1v) is 9.00. The Hall–Kier alpha value is -0.920. The van der Waals surface area contributed by atoms with Gasteiger partial charge in [-0.15, -0.1) is 11.3 Å². The summed E-state index contributed by atoms with van der Waals surface area (Å²) in [4.78, 5) is 10.9. The van der Waals surface area contributed by atoms with Crippen molar-refractivity contribution in [3.63, 3.8) is 0 Å². The summed E-state index contributed by atoms with van der Waals surface area (Å²) in [5.74, 6) is -0.338. The summed E-state index contributed by atoms with van der Waals surface area (Å²) < 4.78 is 27.3. The quantitative estimate of drug-likeness (QED) is 0.874. The second-order valence-electron chi connectivity index (χ2n) is 5.40. The number of aryl methyl sites for hydroxylation is 1. The van der Waals surface area contributed by atoms with Crippen LogP contribution in [0.25, 0.3) is 0 Å². The Kier molecular flexibility index (Phi) is 4.51. The zero-order chi connectivity index (χ0) is 14.9. The van der Waals surface area contributed by atoms with Gasteiger partial charge < -0.3 is 5.11 Å². The van der Waals surface area contributed by atoms with Gasteiger partial charge in [0, 0.05) is 6.54 Å². The average Bonchev–Trinajstić information content (AvgIpc) is 2.93. The molecule has 112 valence electrons. The van der Waals surface area contributed by atoms with Gasteiger partial charge in [-0.3, -0.25) is 0 Å². The maximum atomic E-state index is 12.3. The minimum atomic E-state index is -3.75. The van der Waals surface area contributed by atoms with E-state index in [1.165, 1.54) is 0 Å². The van der Waals surface area contributed by atoms with Gasteiger partial charge in [0.1, 0.15) is 9.77 Å². The van der Waals surface area contributed by atoms with Crippen LogP contribution in [-0.4, -0.2) is 26.0 Å². The van der Waals surface area contributed by atoms with E-state index in [0.29, 0.717) is 23.9 Å². The first kappa shape index (κ1) is 15.5. The van der Waals surface area contributed by atoms with E-state index in [-0.39, 0.29) is 9.77 Å². The predicted molar refractivity (Wildman–Crippen MR) is 77.7 cm³/mol. The van der Waals surface area contributed by atoms with E-state index in [4.69, 9.17) is 5.11 Å². The smallest absolute Gasteiger partial charge is 0.347 e. The topological polar surface area (TPSA) is 83.5 Å². The second-order valence-corrected chi connectivity index (χ2v) is 7.99. The molecule has 2 atom stereocenters. The van der Waals surface area contributed by atoms with Gasteiger partial charge in [0.25, 0.3) is 0 Å². The van der Waals surface area contributed by atoms with Gasteiger partial charge in [-0.1, -0.05) is 19.8 Å². The third kappa shape index (κ3) is 3.05. The normalized spacial score (nSPS) is 23.1. The van der Waals surface area contributed by atoms with Crippen molar-refractivity contribution in [1.29, 1.82) is 0 Å². The van der Waals surface area contributed by atoms with Crippen LogP contribution < -0.4 is 4.72 Å². The van der Waals surface area contributed by atoms with E-state index in [0.717, 1.165) is 30.6 Å². The summed E-state index contributed by atoms with van der Waals surface area (Å²) in [7, 11) is -3.75. The molecule has 5 nitrogen and oxygen atoms in total. The number of carbonyl (C=O) groups is 1. The van der Waals surface area contributed by atoms with Gasteiger partial charge >= 0.3 is 5.97 Å². The lowest BCUT2D eigenvalue weighted by molar-refractivity contribution is 0.0698. The number of hydrogen-bond acceptors (Lipinski definition) is 4. The molecule has 1 aromatic heterocycles. The fraction of sp³-hybridized carbons (Fsp3) is 0.615. The van der Waals surface area contributed by atoms with Crippen LogP contribution in [0.5, 0.6) is 0 Å². The van der Waals surface area contributed by atoms with Crippen molar-refractivity contribution < 1.29 is 18.3 Å². The van der Waals surface area contributed by atoms with Crippen molar-refractivity contribution in [1.82, 2.24) is 4.72 Å². The summed E-state index contributed by atoms with van der Waals surface area (Å²) in [6.07, 6.45) is 3.29. The standard InChI is InChI=1S/C13H19NO4S2/c1-8-4-3-5-10(8)6-14-20(17,18)12-9(2)7-19-11(12)13(15)16/h7-8,10,14H,3-6H2,1-2H3,(H,15,16). The number of hydrogen-bond donors (Lipinski definition) is 2. The molecule has 1 fully saturated rings. The van der Waals surface area contributed by atoms with Crippen LogP contribution >= 0.6 is 11.3 Å². The summed E-state index contributed by atoms with van der Waals surface area (Å²) >= 11 is 0.951. The van der Waals surface area contributed by atoms with Crippen molar-refractivity contribution >= 4 is 27.3 Å². The molecule has 1 aromatic rings. The molecular weight excluding hydrogens is 298 g/mol. The van der Waals surface area contributed by atoms with Crippen molar-refractivity contribution in [2.45, 2.75) is 38.0 Å². The lowest BCUT2D eigenvalue weighted by Gasteiger charge is -2.16. The molecule has 0 aromatic carbocycles. The SMILES string of the molecule is Cc1csc(C(=O)O)c1S(=O)(=O)NCC1CCCC1C. The summed E-state index contributed by atoms with van der Waals surface area (Å²) in [5, 5.41) is 10.6. The highest BCUT2D eigenvalue weighted by Crippen LogP contribution is 2.31. The van der Waals surface area contributed by atoms with Gasteiger partial charge in [-0.05, 0) is 36.1 Å². The van der Waals surface area contributed by atoms with Gasteiger partial charge in [0.15, 0.2) is 0 Å². The lowest BCUT2D eigenvalue weighted by Crippen LogP contribution is -2.31. The Morgan fingerprint density at radius 3 is 2.75 bits per heavy atom. The van der Waals surface area contributed by atoms with Crippen LogP contribution in [0.3, 0.4) is 0 Å². The van der Waals surface area contributed by atoms with E-state index >= 15 is 0 Å². The fourth-order valence-electron chi connectivity index (χ4n) is 2.73. The molecule has 1 aliphatic carbocycles. The highest BCUT2D eigenvalue weighted by Gasteiger charge is 2.29. The zero-order valence-corrected chi connectivity index (χ0v) is 13.2. The monoisotopic (exact) mass is 317 g/mol. The molecule has 0 spiro atoms. The van der Waals surface area contributed by atoms with Crippen molar-refractivity contribution in [2.75, 3.05) is 6.54 Å². The molecule has 0 saturated heterocycles. The molecule has 1 aliphatic rings. The molecule has 2 rings (SSSR count). The number of aromatic carboxylic acids is 1. The maximum Gasteiger partial charge on any atom is 0.347 e. The van der Waals surface area contributed by atoms with Gasteiger partial charge in [0.05, 0.1) is 0 Å². The first-order chi connectivity index (χ1) is 9.33. The highest BCUT2D eigenvalue weighted by atomic mass is 32.2. The predicted octanol–water partition coefficient (Wildman–Crippen LogP) is 2.47. The third-order valence-corrected chi connectivity index (χ3v) is 6.78. The number of sulfonamides is 1. The van der Waals surface area contributed by atoms with Gasteiger partial charge in [-0.2, -0.15) is 0 Å². The first-order valence-electron chi connectivity index (χ1n) is 6.64. The molecule has 0 aliphatic heterocycles. The summed E-state index contributed by atoms with van der Waals surface area (Å²) in [5.41, 5.74) is 0.486. The molecule has 2 unspecified atom stereocenters. The minimum absolute atomic E-state index is 0.0827. The Labute approximate surface area is 123 Å². The van der Waals surface area contributed by atoms with E-state index in [9.17, 15) is 13.2 Å². The molecule has 0 bridgehead atoms. The van der Waals surface area contributed by atoms with E-state index < -0.39 is 16.0 Å². The van der Waals surface area contributed by atoms with Crippen molar-refractivity contribution in [2.24, 2.45) is 11.8 Å². The lowest BCUT2D eigenvalue weighted by atomic mass is 9.99. The number of carboxylic acids is 1. The van der Waals surface area contributed by atoms with Gasteiger partial charge in [-0.25, -0.2) is 17.9 Å². The Morgan fingerprint density at radius 2 is 2.20 bits per heavy atom. The highest BCUT2D eigenvalue weighted by molar-refractivity contribution is 7.89. The van der Waals surface area contributed by atoms with E-state index in [1.807, 2.05) is 0 Å². The van der Waals surface area contributed by atoms with Crippen LogP contribution in [0.4, 0.5) is 0 Å². The Morgan fingerprint density at radius 1 is 1.50 bits per heavy atom.